The van der Waals surface area contributed by atoms with E-state index in [4.69, 9.17) is 9.05 Å². The Balaban J connectivity index is 4.00. The van der Waals surface area contributed by atoms with Crippen LogP contribution in [0.25, 0.3) is 0 Å². The van der Waals surface area contributed by atoms with Gasteiger partial charge in [-0.1, -0.05) is 363 Å². The van der Waals surface area contributed by atoms with Gasteiger partial charge in [0.2, 0.25) is 5.91 Å². The Morgan fingerprint density at radius 2 is 0.701 bits per heavy atom. The Morgan fingerprint density at radius 3 is 1.06 bits per heavy atom. The second kappa shape index (κ2) is 68.3. The maximum Gasteiger partial charge on any atom is 0.472 e. The van der Waals surface area contributed by atoms with Crippen molar-refractivity contribution in [2.45, 2.75) is 379 Å². The molecule has 0 saturated heterocycles. The van der Waals surface area contributed by atoms with Gasteiger partial charge in [0.1, 0.15) is 13.2 Å². The first kappa shape index (κ1) is 84.9. The highest BCUT2D eigenvalue weighted by atomic mass is 31.2. The summed E-state index contributed by atoms with van der Waals surface area (Å²) in [5, 5.41) is 14.0. The van der Waals surface area contributed by atoms with Gasteiger partial charge in [-0.15, -0.1) is 0 Å². The number of quaternary nitrogens is 1. The first-order chi connectivity index (χ1) is 42.5. The number of amides is 1. The van der Waals surface area contributed by atoms with Crippen molar-refractivity contribution >= 4 is 13.7 Å². The number of hydrogen-bond donors (Lipinski definition) is 3. The maximum absolute atomic E-state index is 13.1. The average Bonchev–Trinajstić information content (AvgIpc) is 3.70. The third-order valence-corrected chi connectivity index (χ3v) is 18.1. The lowest BCUT2D eigenvalue weighted by Gasteiger charge is -2.25. The van der Waals surface area contributed by atoms with Gasteiger partial charge in [0.25, 0.3) is 0 Å². The van der Waals surface area contributed by atoms with E-state index in [0.29, 0.717) is 17.4 Å². The van der Waals surface area contributed by atoms with Gasteiger partial charge < -0.3 is 19.8 Å². The predicted molar refractivity (Wildman–Crippen MR) is 383 cm³/mol. The Hall–Kier alpha value is -2.06. The van der Waals surface area contributed by atoms with Crippen LogP contribution in [0.1, 0.15) is 367 Å². The molecule has 0 aliphatic carbocycles. The smallest absolute Gasteiger partial charge is 0.387 e. The number of nitrogens with one attached hydrogen (secondary N) is 1. The number of hydrogen-bond acceptors (Lipinski definition) is 5. The fraction of sp³-hybridized carbons (Fsp3) is 0.833. The lowest BCUT2D eigenvalue weighted by molar-refractivity contribution is -0.870. The summed E-state index contributed by atoms with van der Waals surface area (Å²) in [5.41, 5.74) is 0. The van der Waals surface area contributed by atoms with Crippen LogP contribution in [0.5, 0.6) is 0 Å². The normalized spacial score (nSPS) is 14.0. The second-order valence-corrected chi connectivity index (χ2v) is 28.4. The summed E-state index contributed by atoms with van der Waals surface area (Å²) in [4.78, 5) is 23.5. The van der Waals surface area contributed by atoms with Crippen molar-refractivity contribution in [3.8, 4) is 0 Å². The summed E-state index contributed by atoms with van der Waals surface area (Å²) < 4.78 is 23.8. The molecule has 0 saturated carbocycles. The minimum Gasteiger partial charge on any atom is -0.387 e. The molecule has 3 unspecified atom stereocenters. The molecule has 0 fully saturated rings. The van der Waals surface area contributed by atoms with Gasteiger partial charge in [-0.2, -0.15) is 0 Å². The first-order valence-corrected chi connectivity index (χ1v) is 39.3. The van der Waals surface area contributed by atoms with E-state index >= 15 is 0 Å². The predicted octanol–water partition coefficient (Wildman–Crippen LogP) is 24.5. The average molecular weight is 1240 g/mol. The summed E-state index contributed by atoms with van der Waals surface area (Å²) in [7, 11) is 1.57. The number of phosphoric ester groups is 1. The number of aliphatic hydroxyl groups is 1. The summed E-state index contributed by atoms with van der Waals surface area (Å²) >= 11 is 0. The number of nitrogens with zero attached hydrogens (tertiary/aromatic N) is 1. The van der Waals surface area contributed by atoms with Crippen molar-refractivity contribution in [1.82, 2.24) is 5.32 Å². The summed E-state index contributed by atoms with van der Waals surface area (Å²) in [6.45, 7) is 4.73. The monoisotopic (exact) mass is 1240 g/mol. The lowest BCUT2D eigenvalue weighted by atomic mass is 10.0. The molecule has 510 valence electrons. The summed E-state index contributed by atoms with van der Waals surface area (Å²) in [6, 6.07) is -0.866. The molecule has 0 bridgehead atoms. The van der Waals surface area contributed by atoms with Gasteiger partial charge in [-0.05, 0) is 70.6 Å². The molecule has 0 aliphatic rings. The number of phosphoric acid groups is 1. The van der Waals surface area contributed by atoms with E-state index in [9.17, 15) is 19.4 Å². The summed E-state index contributed by atoms with van der Waals surface area (Å²) in [6.07, 6.45) is 96.6. The van der Waals surface area contributed by atoms with Crippen LogP contribution in [0.4, 0.5) is 0 Å². The molecule has 0 aromatic carbocycles. The van der Waals surface area contributed by atoms with Gasteiger partial charge in [-0.3, -0.25) is 13.8 Å². The molecule has 9 heteroatoms. The zero-order chi connectivity index (χ0) is 63.4. The van der Waals surface area contributed by atoms with Gasteiger partial charge in [0.05, 0.1) is 39.9 Å². The summed E-state index contributed by atoms with van der Waals surface area (Å²) in [5.74, 6) is -0.180. The number of carbonyl (C=O) groups excluding carboxylic acids is 1. The molecule has 3 N–H and O–H groups in total. The molecule has 0 spiro atoms. The van der Waals surface area contributed by atoms with Crippen LogP contribution in [0, 0.1) is 0 Å². The number of allylic oxidation sites excluding steroid dienone is 11. The Labute approximate surface area is 542 Å². The van der Waals surface area contributed by atoms with Crippen molar-refractivity contribution < 1.29 is 32.9 Å². The molecule has 0 heterocycles. The van der Waals surface area contributed by atoms with Crippen molar-refractivity contribution in [2.75, 3.05) is 40.9 Å². The van der Waals surface area contributed by atoms with Gasteiger partial charge in [-0.25, -0.2) is 4.57 Å². The quantitative estimate of drug-likeness (QED) is 0.0243. The fourth-order valence-electron chi connectivity index (χ4n) is 11.3. The van der Waals surface area contributed by atoms with E-state index in [0.717, 1.165) is 64.2 Å². The topological polar surface area (TPSA) is 105 Å². The highest BCUT2D eigenvalue weighted by Crippen LogP contribution is 2.43. The van der Waals surface area contributed by atoms with E-state index in [1.54, 1.807) is 6.08 Å². The zero-order valence-electron chi connectivity index (χ0n) is 58.5. The minimum absolute atomic E-state index is 0.0567. The number of unbranched alkanes of at least 4 members (excludes halogenated alkanes) is 47. The highest BCUT2D eigenvalue weighted by molar-refractivity contribution is 7.47. The van der Waals surface area contributed by atoms with Crippen molar-refractivity contribution in [1.29, 1.82) is 0 Å². The number of rotatable bonds is 70. The van der Waals surface area contributed by atoms with Gasteiger partial charge >= 0.3 is 7.82 Å². The van der Waals surface area contributed by atoms with E-state index in [2.05, 4.69) is 79.9 Å². The van der Waals surface area contributed by atoms with Gasteiger partial charge in [0, 0.05) is 6.42 Å². The largest absolute Gasteiger partial charge is 0.472 e. The minimum atomic E-state index is -4.36. The SMILES string of the molecule is CC/C=C\C/C=C\C/C=C\C/C=C\CCCCCCCCCCCCCCCCCCCCCCCCCCC(=O)NC(COP(=O)(O)OCC[N+](C)(C)C)C(O)/C=C/CC/C=C/CCCCCCCCCCCCCCCCCCCCCCCC. The molecule has 3 atom stereocenters. The van der Waals surface area contributed by atoms with Crippen LogP contribution < -0.4 is 5.32 Å². The van der Waals surface area contributed by atoms with Crippen LogP contribution >= 0.6 is 7.82 Å². The standard InChI is InChI=1S/C78H147N2O6P/c1-6-8-10-12-14-16-18-20-22-24-26-28-30-32-34-36-37-38-39-40-41-42-43-44-46-48-50-52-54-56-58-60-62-64-66-68-70-72-78(82)79-76(75-86-87(83,84)85-74-73-80(3,4)5)77(81)71-69-67-65-63-61-59-57-55-53-51-49-47-45-35-33-31-29-27-25-23-21-19-17-15-13-11-9-7-2/h8,10,14,16,20,22,26,28,61,63,69,71,76-77,81H,6-7,9,11-13,15,17-19,21,23-25,27,29-60,62,64-68,70,72-75H2,1-5H3,(H-,79,82,83,84)/p+1/b10-8-,16-14-,22-20-,28-26-,63-61+,71-69+. The van der Waals surface area contributed by atoms with Crippen molar-refractivity contribution in [3.05, 3.63) is 72.9 Å². The Morgan fingerprint density at radius 1 is 0.402 bits per heavy atom. The van der Waals surface area contributed by atoms with E-state index in [1.807, 2.05) is 27.2 Å². The highest BCUT2D eigenvalue weighted by Gasteiger charge is 2.28. The van der Waals surface area contributed by atoms with E-state index < -0.39 is 20.0 Å². The molecule has 0 aromatic heterocycles. The van der Waals surface area contributed by atoms with Crippen LogP contribution in [-0.4, -0.2) is 73.4 Å². The second-order valence-electron chi connectivity index (χ2n) is 27.0. The molecule has 0 rings (SSSR count). The third-order valence-electron chi connectivity index (χ3n) is 17.2. The number of likely N-dealkylation sites (N-methyl/N-ethyl adjacent to an activating group) is 1. The first-order valence-electron chi connectivity index (χ1n) is 37.8. The third kappa shape index (κ3) is 71.2. The van der Waals surface area contributed by atoms with Crippen molar-refractivity contribution in [3.63, 3.8) is 0 Å². The molecule has 0 aliphatic heterocycles. The zero-order valence-corrected chi connectivity index (χ0v) is 59.4. The molecular formula is C78H148N2O6P+. The lowest BCUT2D eigenvalue weighted by Crippen LogP contribution is -2.45. The van der Waals surface area contributed by atoms with Crippen molar-refractivity contribution in [2.24, 2.45) is 0 Å². The Kier molecular flexibility index (Phi) is 66.7. The molecule has 0 radical (unpaired) electrons. The van der Waals surface area contributed by atoms with Crippen LogP contribution in [-0.2, 0) is 18.4 Å². The molecule has 87 heavy (non-hydrogen) atoms. The Bertz CT molecular complexity index is 1650. The molecule has 8 nitrogen and oxygen atoms in total. The van der Waals surface area contributed by atoms with Crippen LogP contribution in [0.3, 0.4) is 0 Å². The number of carbonyl (C=O) groups is 1. The van der Waals surface area contributed by atoms with E-state index in [1.165, 1.54) is 283 Å². The van der Waals surface area contributed by atoms with Gasteiger partial charge in [0.15, 0.2) is 0 Å². The molecular weight excluding hydrogens is 1090 g/mol. The van der Waals surface area contributed by atoms with Crippen LogP contribution in [0.2, 0.25) is 0 Å². The fourth-order valence-corrected chi connectivity index (χ4v) is 12.1. The van der Waals surface area contributed by atoms with E-state index in [-0.39, 0.29) is 19.1 Å². The maximum atomic E-state index is 13.1. The molecule has 1 amide bonds. The van der Waals surface area contributed by atoms with Crippen LogP contribution in [0.15, 0.2) is 72.9 Å². The number of aliphatic hydroxyl groups excluding tert-OH is 1. The molecule has 0 aromatic rings.